The molecular formula is C25H47NO11. The Balaban J connectivity index is 3.17. The Kier molecular flexibility index (Phi) is 27.3. The maximum atomic E-state index is 11.6. The summed E-state index contributed by atoms with van der Waals surface area (Å²) in [6.07, 6.45) is 7.35. The molecule has 0 aliphatic heterocycles. The molecule has 0 radical (unpaired) electrons. The van der Waals surface area contributed by atoms with Crippen molar-refractivity contribution in [3.05, 3.63) is 0 Å². The van der Waals surface area contributed by atoms with Gasteiger partial charge in [0.05, 0.1) is 66.1 Å². The molecule has 37 heavy (non-hydrogen) atoms. The van der Waals surface area contributed by atoms with E-state index in [1.807, 2.05) is 0 Å². The first-order valence-electron chi connectivity index (χ1n) is 13.2. The van der Waals surface area contributed by atoms with Crippen LogP contribution in [0.1, 0.15) is 51.9 Å². The van der Waals surface area contributed by atoms with E-state index in [1.165, 1.54) is 25.7 Å². The van der Waals surface area contributed by atoms with Gasteiger partial charge in [-0.1, -0.05) is 39.0 Å². The molecule has 0 saturated heterocycles. The standard InChI is InChI=1S/C25H47NO11/c1-2-3-4-5-6-7-8-25(30)37-20-19-35-18-17-34-16-15-33-14-13-32-12-11-31-10-9-26-23(27)21-36-22-24(28)29/h2-22H2,1H3,(H,26,27)(H,28,29). The van der Waals surface area contributed by atoms with Gasteiger partial charge in [-0.2, -0.15) is 0 Å². The number of carboxylic acids is 1. The van der Waals surface area contributed by atoms with Crippen LogP contribution in [0.15, 0.2) is 0 Å². The monoisotopic (exact) mass is 537 g/mol. The molecule has 1 amide bonds. The van der Waals surface area contributed by atoms with Gasteiger partial charge < -0.3 is 43.6 Å². The summed E-state index contributed by atoms with van der Waals surface area (Å²) in [4.78, 5) is 33.2. The molecule has 2 N–H and O–H groups in total. The normalized spacial score (nSPS) is 10.9. The van der Waals surface area contributed by atoms with E-state index in [4.69, 9.17) is 33.5 Å². The molecule has 0 atom stereocenters. The van der Waals surface area contributed by atoms with Crippen LogP contribution in [0, 0.1) is 0 Å². The van der Waals surface area contributed by atoms with Gasteiger partial charge in [0.2, 0.25) is 5.91 Å². The molecule has 0 aliphatic rings. The van der Waals surface area contributed by atoms with E-state index in [-0.39, 0.29) is 19.2 Å². The van der Waals surface area contributed by atoms with Crippen LogP contribution < -0.4 is 5.32 Å². The molecule has 0 aromatic carbocycles. The highest BCUT2D eigenvalue weighted by atomic mass is 16.6. The predicted octanol–water partition coefficient (Wildman–Crippen LogP) is 1.58. The van der Waals surface area contributed by atoms with Crippen LogP contribution in [0.3, 0.4) is 0 Å². The highest BCUT2D eigenvalue weighted by molar-refractivity contribution is 5.77. The molecule has 12 heteroatoms. The van der Waals surface area contributed by atoms with Crippen molar-refractivity contribution in [1.29, 1.82) is 0 Å². The minimum absolute atomic E-state index is 0.159. The molecule has 0 aromatic heterocycles. The van der Waals surface area contributed by atoms with Gasteiger partial charge in [-0.25, -0.2) is 4.79 Å². The summed E-state index contributed by atoms with van der Waals surface area (Å²) in [5.74, 6) is -1.68. The fourth-order valence-electron chi connectivity index (χ4n) is 2.86. The summed E-state index contributed by atoms with van der Waals surface area (Å²) in [6, 6.07) is 0. The number of hydrogen-bond acceptors (Lipinski definition) is 10. The maximum absolute atomic E-state index is 11.6. The highest BCUT2D eigenvalue weighted by Crippen LogP contribution is 2.07. The lowest BCUT2D eigenvalue weighted by Crippen LogP contribution is -2.31. The first-order valence-corrected chi connectivity index (χ1v) is 13.2. The van der Waals surface area contributed by atoms with E-state index in [2.05, 4.69) is 17.0 Å². The first kappa shape index (κ1) is 35.2. The Morgan fingerprint density at radius 1 is 0.595 bits per heavy atom. The molecule has 0 fully saturated rings. The number of carbonyl (C=O) groups excluding carboxylic acids is 2. The zero-order valence-electron chi connectivity index (χ0n) is 22.4. The van der Waals surface area contributed by atoms with Crippen molar-refractivity contribution in [2.75, 3.05) is 92.4 Å². The van der Waals surface area contributed by atoms with Gasteiger partial charge in [-0.15, -0.1) is 0 Å². The molecule has 218 valence electrons. The number of nitrogens with one attached hydrogen (secondary N) is 1. The van der Waals surface area contributed by atoms with Crippen molar-refractivity contribution in [3.63, 3.8) is 0 Å². The average molecular weight is 538 g/mol. The SMILES string of the molecule is CCCCCCCCC(=O)OCCOCCOCCOCCOCCOCCNC(=O)COCC(=O)O. The Morgan fingerprint density at radius 3 is 1.62 bits per heavy atom. The molecule has 0 aromatic rings. The van der Waals surface area contributed by atoms with Crippen molar-refractivity contribution in [2.45, 2.75) is 51.9 Å². The number of hydrogen-bond donors (Lipinski definition) is 2. The first-order chi connectivity index (χ1) is 18.1. The Bertz CT molecular complexity index is 549. The topological polar surface area (TPSA) is 148 Å². The Labute approximate surface area is 220 Å². The zero-order valence-corrected chi connectivity index (χ0v) is 22.4. The van der Waals surface area contributed by atoms with Gasteiger partial charge in [0.25, 0.3) is 0 Å². The lowest BCUT2D eigenvalue weighted by atomic mass is 10.1. The minimum Gasteiger partial charge on any atom is -0.480 e. The Hall–Kier alpha value is -1.83. The van der Waals surface area contributed by atoms with Gasteiger partial charge in [-0.05, 0) is 6.42 Å². The van der Waals surface area contributed by atoms with Crippen LogP contribution in [-0.4, -0.2) is 115 Å². The summed E-state index contributed by atoms with van der Waals surface area (Å²) in [5.41, 5.74) is 0. The molecular weight excluding hydrogens is 490 g/mol. The van der Waals surface area contributed by atoms with E-state index >= 15 is 0 Å². The van der Waals surface area contributed by atoms with Gasteiger partial charge in [0.1, 0.15) is 19.8 Å². The number of unbranched alkanes of at least 4 members (excludes halogenated alkanes) is 5. The number of esters is 1. The lowest BCUT2D eigenvalue weighted by Gasteiger charge is -2.09. The van der Waals surface area contributed by atoms with Crippen molar-refractivity contribution < 1.29 is 52.6 Å². The van der Waals surface area contributed by atoms with Crippen LogP contribution in [-0.2, 0) is 47.5 Å². The third kappa shape index (κ3) is 30.3. The van der Waals surface area contributed by atoms with E-state index in [9.17, 15) is 14.4 Å². The predicted molar refractivity (Wildman–Crippen MR) is 135 cm³/mol. The highest BCUT2D eigenvalue weighted by Gasteiger charge is 2.04. The molecule has 0 spiro atoms. The number of aliphatic carboxylic acids is 1. The van der Waals surface area contributed by atoms with Crippen molar-refractivity contribution in [3.8, 4) is 0 Å². The second-order valence-corrected chi connectivity index (χ2v) is 8.04. The lowest BCUT2D eigenvalue weighted by molar-refractivity contribution is -0.146. The Morgan fingerprint density at radius 2 is 1.08 bits per heavy atom. The van der Waals surface area contributed by atoms with Gasteiger partial charge >= 0.3 is 11.9 Å². The molecule has 12 nitrogen and oxygen atoms in total. The van der Waals surface area contributed by atoms with E-state index in [0.717, 1.165) is 12.8 Å². The largest absolute Gasteiger partial charge is 0.480 e. The van der Waals surface area contributed by atoms with Crippen LogP contribution in [0.4, 0.5) is 0 Å². The molecule has 0 aliphatic carbocycles. The summed E-state index contributed by atoms with van der Waals surface area (Å²) in [5, 5.41) is 10.9. The van der Waals surface area contributed by atoms with Gasteiger partial charge in [-0.3, -0.25) is 9.59 Å². The minimum atomic E-state index is -1.12. The van der Waals surface area contributed by atoms with Gasteiger partial charge in [0.15, 0.2) is 0 Å². The van der Waals surface area contributed by atoms with Crippen molar-refractivity contribution in [1.82, 2.24) is 5.32 Å². The molecule has 0 unspecified atom stereocenters. The number of amides is 1. The quantitative estimate of drug-likeness (QED) is 0.106. The number of ether oxygens (including phenoxy) is 7. The van der Waals surface area contributed by atoms with Crippen LogP contribution in [0.5, 0.6) is 0 Å². The second-order valence-electron chi connectivity index (χ2n) is 8.04. The smallest absolute Gasteiger partial charge is 0.329 e. The van der Waals surface area contributed by atoms with E-state index < -0.39 is 18.5 Å². The molecule has 0 bridgehead atoms. The zero-order chi connectivity index (χ0) is 27.2. The van der Waals surface area contributed by atoms with Crippen LogP contribution in [0.25, 0.3) is 0 Å². The summed E-state index contributed by atoms with van der Waals surface area (Å²) in [6.45, 7) is 6.06. The van der Waals surface area contributed by atoms with Gasteiger partial charge in [0, 0.05) is 13.0 Å². The summed E-state index contributed by atoms with van der Waals surface area (Å²) in [7, 11) is 0. The number of rotatable bonds is 29. The third-order valence-electron chi connectivity index (χ3n) is 4.74. The van der Waals surface area contributed by atoms with Crippen molar-refractivity contribution >= 4 is 17.8 Å². The second kappa shape index (κ2) is 28.7. The fraction of sp³-hybridized carbons (Fsp3) is 0.880. The van der Waals surface area contributed by atoms with E-state index in [1.54, 1.807) is 0 Å². The van der Waals surface area contributed by atoms with Crippen LogP contribution >= 0.6 is 0 Å². The number of carboxylic acid groups (broad SMARTS) is 1. The number of carbonyl (C=O) groups is 3. The molecule has 0 rings (SSSR count). The molecule has 0 saturated carbocycles. The maximum Gasteiger partial charge on any atom is 0.329 e. The average Bonchev–Trinajstić information content (AvgIpc) is 2.87. The summed E-state index contributed by atoms with van der Waals surface area (Å²) < 4.78 is 36.6. The van der Waals surface area contributed by atoms with Crippen LogP contribution in [0.2, 0.25) is 0 Å². The summed E-state index contributed by atoms with van der Waals surface area (Å²) >= 11 is 0. The fourth-order valence-corrected chi connectivity index (χ4v) is 2.86. The van der Waals surface area contributed by atoms with E-state index in [0.29, 0.717) is 79.0 Å². The molecule has 0 heterocycles. The third-order valence-corrected chi connectivity index (χ3v) is 4.74. The van der Waals surface area contributed by atoms with Crippen molar-refractivity contribution in [2.24, 2.45) is 0 Å².